The number of benzene rings is 3. The Kier molecular flexibility index (Phi) is 10.3. The molecule has 2 amide bonds. The number of carbonyl (C=O) groups excluding carboxylic acids is 2. The summed E-state index contributed by atoms with van der Waals surface area (Å²) in [4.78, 5) is 30.5. The number of amides is 2. The first-order valence-electron chi connectivity index (χ1n) is 14.4. The van der Waals surface area contributed by atoms with E-state index in [1.54, 1.807) is 7.05 Å². The molecule has 3 N–H and O–H groups in total. The fourth-order valence-corrected chi connectivity index (χ4v) is 6.19. The van der Waals surface area contributed by atoms with Gasteiger partial charge in [-0.25, -0.2) is 18.2 Å². The fraction of sp³-hybridized carbons (Fsp3) is 0.323. The molecule has 0 aliphatic heterocycles. The molecule has 0 saturated heterocycles. The molecule has 8 nitrogen and oxygen atoms in total. The topological polar surface area (TPSA) is 97.3 Å². The minimum Gasteiger partial charge on any atom is -0.487 e. The number of nitrogens with zero attached hydrogens (tertiary/aromatic N) is 2. The molecule has 5 rings (SSSR count). The summed E-state index contributed by atoms with van der Waals surface area (Å²) in [6.07, 6.45) is -7.57. The number of carbonyl (C=O) groups is 2. The van der Waals surface area contributed by atoms with Crippen LogP contribution in [0.1, 0.15) is 41.6 Å². The molecule has 0 unspecified atom stereocenters. The number of nitrogens with one attached hydrogen (secondary N) is 3. The fourth-order valence-electron chi connectivity index (χ4n) is 5.47. The molecule has 1 saturated carbocycles. The number of rotatable bonds is 10. The second kappa shape index (κ2) is 13.9. The summed E-state index contributed by atoms with van der Waals surface area (Å²) in [5.41, 5.74) is -1.54. The molecule has 0 bridgehead atoms. The number of fused-ring (bicyclic) bond motifs is 1. The molecule has 17 heteroatoms. The number of hydrogen-bond acceptors (Lipinski definition) is 5. The molecule has 3 aromatic carbocycles. The molecule has 48 heavy (non-hydrogen) atoms. The third-order valence-electron chi connectivity index (χ3n) is 8.05. The van der Waals surface area contributed by atoms with E-state index < -0.39 is 42.3 Å². The van der Waals surface area contributed by atoms with Crippen LogP contribution in [0.5, 0.6) is 5.75 Å². The Labute approximate surface area is 284 Å². The Morgan fingerprint density at radius 3 is 2.40 bits per heavy atom. The monoisotopic (exact) mass is 735 g/mol. The molecule has 1 aliphatic rings. The smallest absolute Gasteiger partial charge is 0.403 e. The van der Waals surface area contributed by atoms with Crippen LogP contribution in [-0.4, -0.2) is 40.6 Å². The number of aromatic nitrogens is 2. The first kappa shape index (κ1) is 35.4. The zero-order valence-corrected chi connectivity index (χ0v) is 27.2. The number of aryl methyl sites for hydroxylation is 1. The van der Waals surface area contributed by atoms with Gasteiger partial charge < -0.3 is 25.3 Å². The largest absolute Gasteiger partial charge is 0.487 e. The minimum atomic E-state index is -4.70. The van der Waals surface area contributed by atoms with Crippen molar-refractivity contribution in [3.8, 4) is 5.75 Å². The molecule has 0 radical (unpaired) electrons. The van der Waals surface area contributed by atoms with Crippen molar-refractivity contribution in [2.24, 2.45) is 12.5 Å². The van der Waals surface area contributed by atoms with E-state index in [4.69, 9.17) is 39.5 Å². The molecule has 4 aromatic rings. The average molecular weight is 737 g/mol. The molecule has 256 valence electrons. The minimum absolute atomic E-state index is 0.00122. The second-order valence-electron chi connectivity index (χ2n) is 11.1. The molecule has 0 atom stereocenters. The van der Waals surface area contributed by atoms with E-state index in [1.807, 2.05) is 0 Å². The zero-order chi connectivity index (χ0) is 35.0. The highest BCUT2D eigenvalue weighted by atomic mass is 35.5. The van der Waals surface area contributed by atoms with Gasteiger partial charge in [0, 0.05) is 25.3 Å². The first-order valence-corrected chi connectivity index (χ1v) is 15.5. The highest BCUT2D eigenvalue weighted by molar-refractivity contribution is 6.39. The zero-order valence-electron chi connectivity index (χ0n) is 24.9. The van der Waals surface area contributed by atoms with Crippen molar-refractivity contribution in [3.63, 3.8) is 0 Å². The van der Waals surface area contributed by atoms with E-state index in [0.29, 0.717) is 5.52 Å². The maximum Gasteiger partial charge on any atom is 0.403 e. The SMILES string of the molecule is Cn1c(Nc2c(Cl)ccc(CNC(=O)C3(C(F)(F)F)CCCC3)c2Cl)nc2cc(C(=O)Nc3ccc(F)c(Cl)c3)c(OCC(F)F)cc21. The van der Waals surface area contributed by atoms with Crippen LogP contribution in [0.4, 0.5) is 43.7 Å². The average Bonchev–Trinajstić information content (AvgIpc) is 3.65. The Balaban J connectivity index is 1.43. The Bertz CT molecular complexity index is 1880. The molecular weight excluding hydrogens is 711 g/mol. The van der Waals surface area contributed by atoms with Crippen LogP contribution >= 0.6 is 34.8 Å². The quantitative estimate of drug-likeness (QED) is 0.141. The third kappa shape index (κ3) is 7.10. The summed E-state index contributed by atoms with van der Waals surface area (Å²) in [5.74, 6) is -2.69. The predicted molar refractivity (Wildman–Crippen MR) is 170 cm³/mol. The Hall–Kier alpha value is -3.88. The Morgan fingerprint density at radius 2 is 1.75 bits per heavy atom. The lowest BCUT2D eigenvalue weighted by atomic mass is 9.84. The van der Waals surface area contributed by atoms with Crippen molar-refractivity contribution < 1.29 is 40.7 Å². The highest BCUT2D eigenvalue weighted by Crippen LogP contribution is 2.50. The van der Waals surface area contributed by atoms with Gasteiger partial charge in [-0.15, -0.1) is 0 Å². The van der Waals surface area contributed by atoms with Crippen molar-refractivity contribution in [2.75, 3.05) is 17.2 Å². The van der Waals surface area contributed by atoms with Crippen molar-refractivity contribution >= 4 is 75.0 Å². The van der Waals surface area contributed by atoms with Crippen LogP contribution in [0, 0.1) is 11.2 Å². The van der Waals surface area contributed by atoms with Gasteiger partial charge in [0.15, 0.2) is 0 Å². The van der Waals surface area contributed by atoms with Crippen LogP contribution in [0.15, 0.2) is 42.5 Å². The van der Waals surface area contributed by atoms with Crippen molar-refractivity contribution in [1.29, 1.82) is 0 Å². The summed E-state index contributed by atoms with van der Waals surface area (Å²) >= 11 is 18.8. The van der Waals surface area contributed by atoms with E-state index in [0.717, 1.165) is 6.07 Å². The summed E-state index contributed by atoms with van der Waals surface area (Å²) in [5, 5.41) is 7.72. The van der Waals surface area contributed by atoms with Gasteiger partial charge in [0.2, 0.25) is 11.9 Å². The van der Waals surface area contributed by atoms with E-state index in [-0.39, 0.29) is 87.0 Å². The molecule has 1 fully saturated rings. The normalized spacial score (nSPS) is 14.4. The summed E-state index contributed by atoms with van der Waals surface area (Å²) < 4.78 is 88.1. The molecule has 1 aliphatic carbocycles. The highest BCUT2D eigenvalue weighted by Gasteiger charge is 2.60. The number of ether oxygens (including phenoxy) is 1. The third-order valence-corrected chi connectivity index (χ3v) is 9.09. The number of halogens is 9. The summed E-state index contributed by atoms with van der Waals surface area (Å²) in [6.45, 7) is -1.33. The van der Waals surface area contributed by atoms with Gasteiger partial charge >= 0.3 is 6.18 Å². The van der Waals surface area contributed by atoms with E-state index in [1.165, 1.54) is 41.0 Å². The van der Waals surface area contributed by atoms with Crippen LogP contribution in [-0.2, 0) is 18.4 Å². The Morgan fingerprint density at radius 1 is 1.04 bits per heavy atom. The van der Waals surface area contributed by atoms with E-state index in [2.05, 4.69) is 20.9 Å². The maximum atomic E-state index is 13.9. The van der Waals surface area contributed by atoms with E-state index >= 15 is 0 Å². The van der Waals surface area contributed by atoms with Gasteiger partial charge in [-0.2, -0.15) is 13.2 Å². The number of hydrogen-bond donors (Lipinski definition) is 3. The molecule has 0 spiro atoms. The number of alkyl halides is 5. The number of imidazole rings is 1. The molecule has 1 aromatic heterocycles. The summed E-state index contributed by atoms with van der Waals surface area (Å²) in [6, 6.07) is 9.01. The van der Waals surface area contributed by atoms with Crippen molar-refractivity contribution in [3.05, 3.63) is 74.5 Å². The lowest BCUT2D eigenvalue weighted by Gasteiger charge is -2.30. The second-order valence-corrected chi connectivity index (χ2v) is 12.3. The maximum absolute atomic E-state index is 13.9. The van der Waals surface area contributed by atoms with Gasteiger partial charge in [0.1, 0.15) is 23.6 Å². The van der Waals surface area contributed by atoms with Gasteiger partial charge in [-0.05, 0) is 48.7 Å². The summed E-state index contributed by atoms with van der Waals surface area (Å²) in [7, 11) is 1.57. The van der Waals surface area contributed by atoms with E-state index in [9.17, 15) is 35.9 Å². The lowest BCUT2D eigenvalue weighted by Crippen LogP contribution is -2.48. The van der Waals surface area contributed by atoms with Crippen LogP contribution < -0.4 is 20.7 Å². The number of anilines is 3. The van der Waals surface area contributed by atoms with Gasteiger partial charge in [0.25, 0.3) is 12.3 Å². The molecule has 1 heterocycles. The van der Waals surface area contributed by atoms with Gasteiger partial charge in [0.05, 0.1) is 37.4 Å². The van der Waals surface area contributed by atoms with Gasteiger partial charge in [-0.3, -0.25) is 9.59 Å². The van der Waals surface area contributed by atoms with Crippen molar-refractivity contribution in [2.45, 2.75) is 44.8 Å². The van der Waals surface area contributed by atoms with Crippen LogP contribution in [0.3, 0.4) is 0 Å². The predicted octanol–water partition coefficient (Wildman–Crippen LogP) is 9.05. The molecular formula is C31H26Cl3F6N5O3. The van der Waals surface area contributed by atoms with Crippen molar-refractivity contribution in [1.82, 2.24) is 14.9 Å². The first-order chi connectivity index (χ1) is 22.6. The van der Waals surface area contributed by atoms with Crippen LogP contribution in [0.25, 0.3) is 11.0 Å². The standard InChI is InChI=1S/C31H26Cl3F6N5O3/c1-45-22-12-23(48-14-24(36)37)17(27(46)42-16-5-7-20(35)19(33)10-16)11-21(22)43-29(45)44-26-18(32)6-4-15(25(26)34)13-41-28(47)30(31(38,39)40)8-2-3-9-30/h4-7,10-12,24H,2-3,8-9,13-14H2,1H3,(H,41,47)(H,42,46)(H,43,44). The van der Waals surface area contributed by atoms with Gasteiger partial charge in [-0.1, -0.05) is 53.7 Å². The lowest BCUT2D eigenvalue weighted by molar-refractivity contribution is -0.220. The van der Waals surface area contributed by atoms with Crippen LogP contribution in [0.2, 0.25) is 15.1 Å².